The van der Waals surface area contributed by atoms with Crippen LogP contribution < -0.4 is 9.64 Å². The van der Waals surface area contributed by atoms with E-state index in [0.29, 0.717) is 12.5 Å². The minimum atomic E-state index is -1.82. The molecular weight excluding hydrogens is 506 g/mol. The number of carboxylic acids is 2. The number of benzene rings is 2. The quantitative estimate of drug-likeness (QED) is 0.400. The van der Waals surface area contributed by atoms with Gasteiger partial charge >= 0.3 is 11.9 Å². The summed E-state index contributed by atoms with van der Waals surface area (Å²) >= 11 is 1.78. The van der Waals surface area contributed by atoms with Gasteiger partial charge in [0.15, 0.2) is 0 Å². The summed E-state index contributed by atoms with van der Waals surface area (Å²) in [6.45, 7) is 8.97. The van der Waals surface area contributed by atoms with Crippen molar-refractivity contribution in [2.24, 2.45) is 5.92 Å². The zero-order valence-electron chi connectivity index (χ0n) is 22.0. The molecule has 2 saturated heterocycles. The molecule has 0 bridgehead atoms. The van der Waals surface area contributed by atoms with Gasteiger partial charge in [0, 0.05) is 43.5 Å². The van der Waals surface area contributed by atoms with Crippen molar-refractivity contribution < 1.29 is 29.3 Å². The fourth-order valence-electron chi connectivity index (χ4n) is 4.75. The van der Waals surface area contributed by atoms with Crippen LogP contribution in [-0.4, -0.2) is 90.0 Å². The average molecular weight is 544 g/mol. The molecule has 0 saturated carbocycles. The number of carboxylic acid groups (broad SMARTS) is 2. The van der Waals surface area contributed by atoms with Crippen molar-refractivity contribution in [1.29, 1.82) is 0 Å². The number of nitrogens with zero attached hydrogens (tertiary/aromatic N) is 3. The highest BCUT2D eigenvalue weighted by Crippen LogP contribution is 2.29. The van der Waals surface area contributed by atoms with Gasteiger partial charge in [-0.3, -0.25) is 9.69 Å². The molecule has 0 radical (unpaired) electrons. The number of piperidine rings is 1. The van der Waals surface area contributed by atoms with Crippen LogP contribution in [0.1, 0.15) is 25.3 Å². The molecule has 2 aliphatic heterocycles. The van der Waals surface area contributed by atoms with E-state index in [1.54, 1.807) is 11.8 Å². The number of thioether (sulfide) groups is 1. The molecule has 206 valence electrons. The maximum absolute atomic E-state index is 13.2. The number of amides is 1. The molecule has 0 aromatic heterocycles. The molecule has 2 aromatic rings. The lowest BCUT2D eigenvalue weighted by atomic mass is 9.94. The highest BCUT2D eigenvalue weighted by molar-refractivity contribution is 7.98. The summed E-state index contributed by atoms with van der Waals surface area (Å²) in [4.78, 5) is 39.6. The number of hydrogen-bond donors (Lipinski definition) is 2. The number of anilines is 1. The number of piperazine rings is 1. The van der Waals surface area contributed by atoms with Crippen LogP contribution in [0.5, 0.6) is 5.75 Å². The normalized spacial score (nSPS) is 16.4. The summed E-state index contributed by atoms with van der Waals surface area (Å²) < 4.78 is 5.80. The number of hydrogen-bond acceptors (Lipinski definition) is 7. The van der Waals surface area contributed by atoms with Crippen molar-refractivity contribution in [3.63, 3.8) is 0 Å². The Hall–Kier alpha value is -3.24. The lowest BCUT2D eigenvalue weighted by Crippen LogP contribution is -2.51. The van der Waals surface area contributed by atoms with Crippen molar-refractivity contribution >= 4 is 35.3 Å². The van der Waals surface area contributed by atoms with Crippen LogP contribution in [0.3, 0.4) is 0 Å². The van der Waals surface area contributed by atoms with Gasteiger partial charge in [-0.05, 0) is 68.9 Å². The first-order valence-corrected chi connectivity index (χ1v) is 14.1. The van der Waals surface area contributed by atoms with E-state index in [9.17, 15) is 4.79 Å². The molecule has 0 atom stereocenters. The summed E-state index contributed by atoms with van der Waals surface area (Å²) in [5.74, 6) is -2.19. The highest BCUT2D eigenvalue weighted by Gasteiger charge is 2.31. The van der Waals surface area contributed by atoms with Crippen molar-refractivity contribution in [3.05, 3.63) is 54.1 Å². The van der Waals surface area contributed by atoms with E-state index in [-0.39, 0.29) is 5.92 Å². The number of carbonyl (C=O) groups excluding carboxylic acids is 1. The van der Waals surface area contributed by atoms with Crippen molar-refractivity contribution in [1.82, 2.24) is 9.80 Å². The van der Waals surface area contributed by atoms with Gasteiger partial charge in [0.05, 0.1) is 12.3 Å². The monoisotopic (exact) mass is 543 g/mol. The van der Waals surface area contributed by atoms with Crippen LogP contribution in [0.25, 0.3) is 0 Å². The van der Waals surface area contributed by atoms with Crippen LogP contribution in [0, 0.1) is 5.92 Å². The Balaban J connectivity index is 0.000000599. The Morgan fingerprint density at radius 3 is 2.05 bits per heavy atom. The Bertz CT molecular complexity index is 1050. The van der Waals surface area contributed by atoms with Crippen molar-refractivity contribution in [2.45, 2.75) is 31.2 Å². The third kappa shape index (κ3) is 8.39. The molecular formula is C28H37N3O6S. The van der Waals surface area contributed by atoms with Crippen LogP contribution in [0.2, 0.25) is 0 Å². The second-order valence-electron chi connectivity index (χ2n) is 9.22. The molecule has 0 unspecified atom stereocenters. The zero-order chi connectivity index (χ0) is 27.5. The van der Waals surface area contributed by atoms with Gasteiger partial charge in [-0.15, -0.1) is 11.8 Å². The Kier molecular flexibility index (Phi) is 11.3. The average Bonchev–Trinajstić information content (AvgIpc) is 2.94. The molecule has 2 fully saturated rings. The molecule has 0 aliphatic carbocycles. The summed E-state index contributed by atoms with van der Waals surface area (Å²) in [5.41, 5.74) is 2.50. The third-order valence-electron chi connectivity index (χ3n) is 6.78. The molecule has 4 rings (SSSR count). The van der Waals surface area contributed by atoms with E-state index in [2.05, 4.69) is 57.4 Å². The predicted octanol–water partition coefficient (Wildman–Crippen LogP) is 3.52. The van der Waals surface area contributed by atoms with Gasteiger partial charge in [0.2, 0.25) is 5.91 Å². The fraction of sp³-hybridized carbons (Fsp3) is 0.464. The molecule has 9 nitrogen and oxygen atoms in total. The topological polar surface area (TPSA) is 111 Å². The Morgan fingerprint density at radius 2 is 1.50 bits per heavy atom. The molecule has 1 amide bonds. The molecule has 2 aromatic carbocycles. The maximum atomic E-state index is 13.2. The van der Waals surface area contributed by atoms with E-state index >= 15 is 0 Å². The van der Waals surface area contributed by atoms with Crippen molar-refractivity contribution in [2.75, 3.05) is 57.0 Å². The molecule has 2 heterocycles. The van der Waals surface area contributed by atoms with Gasteiger partial charge in [0.25, 0.3) is 0 Å². The number of ether oxygens (including phenoxy) is 1. The smallest absolute Gasteiger partial charge is 0.414 e. The van der Waals surface area contributed by atoms with Gasteiger partial charge in [-0.1, -0.05) is 24.3 Å². The number of para-hydroxylation sites is 2. The standard InChI is InChI=1S/C26H35N3O2S.C2H2O4/c1-3-31-25-7-5-4-6-24(25)28-16-18-29(19-17-28)26(30)22-12-14-27(15-13-22)20-21-8-10-23(32-2)11-9-21;3-1(4)2(5)6/h4-11,22H,3,12-20H2,1-2H3;(H,3,4)(H,5,6). The highest BCUT2D eigenvalue weighted by atomic mass is 32.2. The fourth-order valence-corrected chi connectivity index (χ4v) is 5.16. The summed E-state index contributed by atoms with van der Waals surface area (Å²) in [5, 5.41) is 14.8. The number of carbonyl (C=O) groups is 3. The number of aliphatic carboxylic acids is 2. The summed E-state index contributed by atoms with van der Waals surface area (Å²) in [6.07, 6.45) is 4.04. The minimum Gasteiger partial charge on any atom is -0.492 e. The summed E-state index contributed by atoms with van der Waals surface area (Å²) in [7, 11) is 0. The van der Waals surface area contributed by atoms with Crippen LogP contribution in [0.15, 0.2) is 53.4 Å². The molecule has 38 heavy (non-hydrogen) atoms. The number of rotatable bonds is 7. The molecule has 10 heteroatoms. The van der Waals surface area contributed by atoms with Crippen LogP contribution >= 0.6 is 11.8 Å². The zero-order valence-corrected chi connectivity index (χ0v) is 22.9. The first-order chi connectivity index (χ1) is 18.3. The van der Waals surface area contributed by atoms with E-state index < -0.39 is 11.9 Å². The van der Waals surface area contributed by atoms with E-state index in [0.717, 1.165) is 70.1 Å². The molecule has 2 aliphatic rings. The summed E-state index contributed by atoms with van der Waals surface area (Å²) in [6, 6.07) is 17.1. The molecule has 2 N–H and O–H groups in total. The van der Waals surface area contributed by atoms with E-state index in [1.807, 2.05) is 19.1 Å². The van der Waals surface area contributed by atoms with Crippen LogP contribution in [-0.2, 0) is 20.9 Å². The van der Waals surface area contributed by atoms with E-state index in [4.69, 9.17) is 24.5 Å². The van der Waals surface area contributed by atoms with Crippen LogP contribution in [0.4, 0.5) is 5.69 Å². The van der Waals surface area contributed by atoms with E-state index in [1.165, 1.54) is 10.5 Å². The lowest BCUT2D eigenvalue weighted by molar-refractivity contribution is -0.159. The van der Waals surface area contributed by atoms with Gasteiger partial charge in [-0.25, -0.2) is 9.59 Å². The lowest BCUT2D eigenvalue weighted by Gasteiger charge is -2.39. The van der Waals surface area contributed by atoms with Gasteiger partial charge < -0.3 is 24.7 Å². The van der Waals surface area contributed by atoms with Gasteiger partial charge in [0.1, 0.15) is 5.75 Å². The first kappa shape index (κ1) is 29.3. The first-order valence-electron chi connectivity index (χ1n) is 12.9. The maximum Gasteiger partial charge on any atom is 0.414 e. The second kappa shape index (κ2) is 14.6. The number of likely N-dealkylation sites (tertiary alicyclic amines) is 1. The second-order valence-corrected chi connectivity index (χ2v) is 10.1. The molecule has 0 spiro atoms. The largest absolute Gasteiger partial charge is 0.492 e. The Labute approximate surface area is 228 Å². The van der Waals surface area contributed by atoms with Crippen molar-refractivity contribution in [3.8, 4) is 5.75 Å². The predicted molar refractivity (Wildman–Crippen MR) is 148 cm³/mol. The minimum absolute atomic E-state index is 0.173. The SMILES string of the molecule is CCOc1ccccc1N1CCN(C(=O)C2CCN(Cc3ccc(SC)cc3)CC2)CC1.O=C(O)C(=O)O. The third-order valence-corrected chi connectivity index (χ3v) is 7.53. The Morgan fingerprint density at radius 1 is 0.895 bits per heavy atom. The van der Waals surface area contributed by atoms with Gasteiger partial charge in [-0.2, -0.15) is 0 Å².